The lowest BCUT2D eigenvalue weighted by molar-refractivity contribution is 0.507. The van der Waals surface area contributed by atoms with E-state index in [1.807, 2.05) is 32.0 Å². The summed E-state index contributed by atoms with van der Waals surface area (Å²) in [7, 11) is 0. The van der Waals surface area contributed by atoms with Gasteiger partial charge in [-0.3, -0.25) is 0 Å². The molecule has 0 saturated heterocycles. The summed E-state index contributed by atoms with van der Waals surface area (Å²) in [5.41, 5.74) is 2.89. The van der Waals surface area contributed by atoms with Crippen molar-refractivity contribution >= 4 is 6.08 Å². The highest BCUT2D eigenvalue weighted by Crippen LogP contribution is 2.17. The number of nitrogens with zero attached hydrogens (tertiary/aromatic N) is 1. The third kappa shape index (κ3) is 10.8. The Balaban J connectivity index is 0.000000356. The minimum atomic E-state index is 0.583. The predicted molar refractivity (Wildman–Crippen MR) is 108 cm³/mol. The van der Waals surface area contributed by atoms with E-state index in [-0.39, 0.29) is 0 Å². The van der Waals surface area contributed by atoms with Crippen molar-refractivity contribution in [3.8, 4) is 12.0 Å². The molecule has 0 heterocycles. The second kappa shape index (κ2) is 16.3. The maximum atomic E-state index is 8.05. The first-order valence-corrected chi connectivity index (χ1v) is 9.17. The predicted octanol–water partition coefficient (Wildman–Crippen LogP) is 7.03. The van der Waals surface area contributed by atoms with Crippen LogP contribution in [0.3, 0.4) is 0 Å². The van der Waals surface area contributed by atoms with Crippen LogP contribution in [0, 0.1) is 11.5 Å². The van der Waals surface area contributed by atoms with Gasteiger partial charge in [-0.15, -0.1) is 5.26 Å². The number of aryl methyl sites for hydroxylation is 1. The van der Waals surface area contributed by atoms with Gasteiger partial charge in [-0.1, -0.05) is 95.2 Å². The number of fused-ring (bicyclic) bond motifs is 1. The van der Waals surface area contributed by atoms with Crippen molar-refractivity contribution in [3.05, 3.63) is 71.8 Å². The van der Waals surface area contributed by atoms with Crippen molar-refractivity contribution in [2.24, 2.45) is 0 Å². The van der Waals surface area contributed by atoms with Gasteiger partial charge in [0.15, 0.2) is 0 Å². The smallest absolute Gasteiger partial charge is 0.292 e. The molecule has 0 aliphatic heterocycles. The van der Waals surface area contributed by atoms with Crippen LogP contribution in [-0.2, 0) is 6.42 Å². The zero-order chi connectivity index (χ0) is 18.8. The Bertz CT molecular complexity index is 609. The number of ether oxygens (including phenoxy) is 1. The van der Waals surface area contributed by atoms with Gasteiger partial charge in [0.25, 0.3) is 6.26 Å². The maximum absolute atomic E-state index is 8.05. The second-order valence-electron chi connectivity index (χ2n) is 5.15. The number of para-hydroxylation sites is 1. The summed E-state index contributed by atoms with van der Waals surface area (Å²) in [5.74, 6) is 0.583. The summed E-state index contributed by atoms with van der Waals surface area (Å²) in [5, 5.41) is 8.05. The van der Waals surface area contributed by atoms with Crippen molar-refractivity contribution in [2.75, 3.05) is 0 Å². The van der Waals surface area contributed by atoms with Crippen molar-refractivity contribution in [2.45, 2.75) is 53.4 Å². The van der Waals surface area contributed by atoms with Gasteiger partial charge in [-0.25, -0.2) is 0 Å². The Morgan fingerprint density at radius 3 is 2.08 bits per heavy atom. The number of allylic oxidation sites excluding steroid dienone is 1. The van der Waals surface area contributed by atoms with E-state index < -0.39 is 0 Å². The third-order valence-corrected chi connectivity index (χ3v) is 3.34. The second-order valence-corrected chi connectivity index (χ2v) is 5.15. The van der Waals surface area contributed by atoms with E-state index in [1.54, 1.807) is 18.4 Å². The molecule has 1 aliphatic rings. The number of rotatable bonds is 2. The maximum Gasteiger partial charge on any atom is 0.292 e. The van der Waals surface area contributed by atoms with Gasteiger partial charge in [0, 0.05) is 0 Å². The number of benzene rings is 2. The van der Waals surface area contributed by atoms with Crippen LogP contribution < -0.4 is 4.74 Å². The van der Waals surface area contributed by atoms with E-state index in [0.29, 0.717) is 5.75 Å². The van der Waals surface area contributed by atoms with Crippen LogP contribution in [0.2, 0.25) is 0 Å². The first-order valence-electron chi connectivity index (χ1n) is 9.17. The zero-order valence-corrected chi connectivity index (χ0v) is 16.0. The van der Waals surface area contributed by atoms with Crippen LogP contribution in [0.15, 0.2) is 60.7 Å². The number of unbranched alkanes of at least 4 members (excludes halogenated alkanes) is 1. The molecule has 0 fully saturated rings. The van der Waals surface area contributed by atoms with Crippen LogP contribution >= 0.6 is 0 Å². The Morgan fingerprint density at radius 2 is 1.52 bits per heavy atom. The summed E-state index contributed by atoms with van der Waals surface area (Å²) in [4.78, 5) is 0. The average molecular weight is 338 g/mol. The summed E-state index contributed by atoms with van der Waals surface area (Å²) >= 11 is 0. The molecule has 2 aromatic carbocycles. The van der Waals surface area contributed by atoms with Crippen LogP contribution in [-0.4, -0.2) is 0 Å². The normalized spacial score (nSPS) is 10.2. The molecule has 0 bridgehead atoms. The molecule has 2 heteroatoms. The van der Waals surface area contributed by atoms with Crippen LogP contribution in [0.5, 0.6) is 5.75 Å². The van der Waals surface area contributed by atoms with Crippen LogP contribution in [0.1, 0.15) is 58.1 Å². The Morgan fingerprint density at radius 1 is 0.920 bits per heavy atom. The Kier molecular flexibility index (Phi) is 14.7. The molecule has 0 spiro atoms. The zero-order valence-electron chi connectivity index (χ0n) is 16.0. The van der Waals surface area contributed by atoms with Gasteiger partial charge >= 0.3 is 0 Å². The fourth-order valence-electron chi connectivity index (χ4n) is 1.91. The van der Waals surface area contributed by atoms with Gasteiger partial charge in [0.05, 0.1) is 0 Å². The lowest BCUT2D eigenvalue weighted by atomic mass is 9.98. The molecule has 25 heavy (non-hydrogen) atoms. The quantitative estimate of drug-likeness (QED) is 0.551. The standard InChI is InChI=1S/C10H10.C7H5NO.C4H10.C2H6/c1-2-6-10-8-4-3-7-9(10)5-1;8-6-9-7-4-2-1-3-5-7;1-3-4-2;1-2/h1-3,5-7H,4,8H2;1-5H;3-4H2,1-2H3;1-2H3. The van der Waals surface area contributed by atoms with E-state index in [4.69, 9.17) is 5.26 Å². The first kappa shape index (κ1) is 22.5. The number of hydrogen-bond donors (Lipinski definition) is 0. The van der Waals surface area contributed by atoms with Crippen LogP contribution in [0.25, 0.3) is 6.08 Å². The lowest BCUT2D eigenvalue weighted by Gasteiger charge is -2.07. The lowest BCUT2D eigenvalue weighted by Crippen LogP contribution is -1.91. The molecular weight excluding hydrogens is 306 g/mol. The van der Waals surface area contributed by atoms with E-state index >= 15 is 0 Å². The Hall–Kier alpha value is -2.53. The van der Waals surface area contributed by atoms with Gasteiger partial charge < -0.3 is 4.74 Å². The SMILES string of the molecule is C1=Cc2ccccc2CC1.CC.CCCC.N#COc1ccccc1. The van der Waals surface area contributed by atoms with E-state index in [0.717, 1.165) is 0 Å². The van der Waals surface area contributed by atoms with Gasteiger partial charge in [0.1, 0.15) is 5.75 Å². The van der Waals surface area contributed by atoms with Gasteiger partial charge in [-0.2, -0.15) is 0 Å². The molecule has 134 valence electrons. The van der Waals surface area contributed by atoms with Crippen molar-refractivity contribution in [1.29, 1.82) is 5.26 Å². The van der Waals surface area contributed by atoms with Crippen molar-refractivity contribution in [3.63, 3.8) is 0 Å². The molecule has 3 rings (SSSR count). The van der Waals surface area contributed by atoms with Gasteiger partial charge in [-0.05, 0) is 36.1 Å². The monoisotopic (exact) mass is 337 g/mol. The summed E-state index contributed by atoms with van der Waals surface area (Å²) < 4.78 is 4.51. The fraction of sp³-hybridized carbons (Fsp3) is 0.348. The minimum Gasteiger partial charge on any atom is -0.388 e. The molecule has 0 atom stereocenters. The average Bonchev–Trinajstić information content (AvgIpc) is 2.71. The van der Waals surface area contributed by atoms with E-state index in [9.17, 15) is 0 Å². The van der Waals surface area contributed by atoms with E-state index in [2.05, 4.69) is 55.0 Å². The van der Waals surface area contributed by atoms with E-state index in [1.165, 1.54) is 36.8 Å². The highest BCUT2D eigenvalue weighted by atomic mass is 16.5. The largest absolute Gasteiger partial charge is 0.388 e. The van der Waals surface area contributed by atoms with Gasteiger partial charge in [0.2, 0.25) is 0 Å². The first-order chi connectivity index (χ1) is 12.3. The topological polar surface area (TPSA) is 33.0 Å². The summed E-state index contributed by atoms with van der Waals surface area (Å²) in [6, 6.07) is 17.5. The summed E-state index contributed by atoms with van der Waals surface area (Å²) in [6.45, 7) is 8.36. The molecule has 0 N–H and O–H groups in total. The molecule has 0 amide bonds. The number of hydrogen-bond acceptors (Lipinski definition) is 2. The molecule has 0 aromatic heterocycles. The highest BCUT2D eigenvalue weighted by Gasteiger charge is 2.00. The van der Waals surface area contributed by atoms with Crippen molar-refractivity contribution < 1.29 is 4.74 Å². The fourth-order valence-corrected chi connectivity index (χ4v) is 1.91. The summed E-state index contributed by atoms with van der Waals surface area (Å²) in [6.07, 6.45) is 11.1. The molecule has 2 aromatic rings. The van der Waals surface area contributed by atoms with Crippen molar-refractivity contribution in [1.82, 2.24) is 0 Å². The number of nitriles is 1. The minimum absolute atomic E-state index is 0.583. The molecular formula is C23H31NO. The molecule has 2 nitrogen and oxygen atoms in total. The molecule has 0 radical (unpaired) electrons. The third-order valence-electron chi connectivity index (χ3n) is 3.34. The molecule has 1 aliphatic carbocycles. The van der Waals surface area contributed by atoms with Crippen LogP contribution in [0.4, 0.5) is 0 Å². The highest BCUT2D eigenvalue weighted by molar-refractivity contribution is 5.55. The Labute approximate surface area is 153 Å². The molecule has 0 unspecified atom stereocenters. The molecule has 0 saturated carbocycles.